The summed E-state index contributed by atoms with van der Waals surface area (Å²) < 4.78 is 38.6. The summed E-state index contributed by atoms with van der Waals surface area (Å²) in [4.78, 5) is 4.28. The Balaban J connectivity index is 1.75. The summed E-state index contributed by atoms with van der Waals surface area (Å²) in [6.07, 6.45) is -1.06. The zero-order valence-electron chi connectivity index (χ0n) is 10.1. The Hall–Kier alpha value is -1.14. The van der Waals surface area contributed by atoms with E-state index in [-0.39, 0.29) is 0 Å². The number of aromatic nitrogens is 1. The second kappa shape index (κ2) is 4.76. The van der Waals surface area contributed by atoms with E-state index in [0.29, 0.717) is 11.6 Å². The molecular weight excluding hydrogens is 273 g/mol. The second-order valence-electron chi connectivity index (χ2n) is 4.77. The summed E-state index contributed by atoms with van der Waals surface area (Å²) >= 11 is 1.47. The van der Waals surface area contributed by atoms with Crippen molar-refractivity contribution in [2.75, 3.05) is 6.54 Å². The Morgan fingerprint density at radius 2 is 2.11 bits per heavy atom. The Bertz CT molecular complexity index is 587. The second-order valence-corrected chi connectivity index (χ2v) is 5.88. The highest BCUT2D eigenvalue weighted by Crippen LogP contribution is 2.32. The number of nitrogens with one attached hydrogen (secondary N) is 1. The molecule has 1 saturated carbocycles. The molecule has 1 N–H and O–H groups in total. The number of hydrogen-bond acceptors (Lipinski definition) is 3. The molecule has 0 aliphatic heterocycles. The number of benzene rings is 1. The van der Waals surface area contributed by atoms with Crippen LogP contribution in [0.5, 0.6) is 0 Å². The van der Waals surface area contributed by atoms with Gasteiger partial charge in [0.15, 0.2) is 0 Å². The third-order valence-corrected chi connectivity index (χ3v) is 4.20. The SMILES string of the molecule is FC(F)(F)c1ccc2sc(CCNC3CC3)nc2c1. The van der Waals surface area contributed by atoms with E-state index in [1.807, 2.05) is 0 Å². The Morgan fingerprint density at radius 3 is 2.79 bits per heavy atom. The van der Waals surface area contributed by atoms with Crippen LogP contribution in [0.25, 0.3) is 10.2 Å². The maximum Gasteiger partial charge on any atom is 0.416 e. The molecule has 6 heteroatoms. The third-order valence-electron chi connectivity index (χ3n) is 3.11. The quantitative estimate of drug-likeness (QED) is 0.928. The predicted octanol–water partition coefficient (Wildman–Crippen LogP) is 3.61. The molecule has 0 bridgehead atoms. The highest BCUT2D eigenvalue weighted by molar-refractivity contribution is 7.18. The number of halogens is 3. The molecule has 0 spiro atoms. The van der Waals surface area contributed by atoms with Crippen molar-refractivity contribution < 1.29 is 13.2 Å². The van der Waals surface area contributed by atoms with Gasteiger partial charge in [0.1, 0.15) is 0 Å². The first kappa shape index (κ1) is 12.9. The first-order valence-corrected chi connectivity index (χ1v) is 7.04. The summed E-state index contributed by atoms with van der Waals surface area (Å²) in [5.74, 6) is 0. The molecule has 2 nitrogen and oxygen atoms in total. The molecule has 0 amide bonds. The number of nitrogens with zero attached hydrogens (tertiary/aromatic N) is 1. The Labute approximate surface area is 112 Å². The molecule has 0 radical (unpaired) electrons. The van der Waals surface area contributed by atoms with E-state index in [9.17, 15) is 13.2 Å². The highest BCUT2D eigenvalue weighted by Gasteiger charge is 2.30. The minimum Gasteiger partial charge on any atom is -0.314 e. The van der Waals surface area contributed by atoms with Gasteiger partial charge in [0.2, 0.25) is 0 Å². The molecule has 0 saturated heterocycles. The average Bonchev–Trinajstić information content (AvgIpc) is 3.06. The van der Waals surface area contributed by atoms with Crippen LogP contribution in [0.3, 0.4) is 0 Å². The lowest BCUT2D eigenvalue weighted by molar-refractivity contribution is -0.137. The summed E-state index contributed by atoms with van der Waals surface area (Å²) in [6, 6.07) is 4.40. The predicted molar refractivity (Wildman–Crippen MR) is 69.4 cm³/mol. The van der Waals surface area contributed by atoms with Gasteiger partial charge < -0.3 is 5.32 Å². The van der Waals surface area contributed by atoms with Crippen molar-refractivity contribution in [2.45, 2.75) is 31.5 Å². The molecule has 2 aromatic rings. The number of thiazole rings is 1. The lowest BCUT2D eigenvalue weighted by Gasteiger charge is -2.04. The zero-order valence-corrected chi connectivity index (χ0v) is 10.9. The van der Waals surface area contributed by atoms with Gasteiger partial charge in [0.05, 0.1) is 20.8 Å². The fraction of sp³-hybridized carbons (Fsp3) is 0.462. The molecule has 1 aromatic carbocycles. The Morgan fingerprint density at radius 1 is 1.32 bits per heavy atom. The van der Waals surface area contributed by atoms with Gasteiger partial charge in [-0.1, -0.05) is 0 Å². The van der Waals surface area contributed by atoms with Crippen molar-refractivity contribution >= 4 is 21.6 Å². The van der Waals surface area contributed by atoms with Crippen LogP contribution in [-0.2, 0) is 12.6 Å². The summed E-state index contributed by atoms with van der Waals surface area (Å²) in [5, 5.41) is 4.26. The number of rotatable bonds is 4. The number of fused-ring (bicyclic) bond motifs is 1. The van der Waals surface area contributed by atoms with Crippen molar-refractivity contribution in [3.8, 4) is 0 Å². The largest absolute Gasteiger partial charge is 0.416 e. The molecule has 0 atom stereocenters. The van der Waals surface area contributed by atoms with Gasteiger partial charge in [-0.05, 0) is 31.0 Å². The Kier molecular flexibility index (Phi) is 3.22. The third kappa shape index (κ3) is 3.06. The van der Waals surface area contributed by atoms with Gasteiger partial charge in [-0.3, -0.25) is 0 Å². The molecular formula is C13H13F3N2S. The fourth-order valence-electron chi connectivity index (χ4n) is 1.93. The van der Waals surface area contributed by atoms with E-state index in [1.54, 1.807) is 0 Å². The lowest BCUT2D eigenvalue weighted by Crippen LogP contribution is -2.19. The van der Waals surface area contributed by atoms with Crippen LogP contribution < -0.4 is 5.32 Å². The van der Waals surface area contributed by atoms with E-state index < -0.39 is 11.7 Å². The van der Waals surface area contributed by atoms with Crippen molar-refractivity contribution in [1.82, 2.24) is 10.3 Å². The average molecular weight is 286 g/mol. The van der Waals surface area contributed by atoms with E-state index in [0.717, 1.165) is 34.8 Å². The molecule has 1 aromatic heterocycles. The van der Waals surface area contributed by atoms with Crippen molar-refractivity contribution in [3.63, 3.8) is 0 Å². The van der Waals surface area contributed by atoms with Gasteiger partial charge >= 0.3 is 6.18 Å². The zero-order chi connectivity index (χ0) is 13.5. The van der Waals surface area contributed by atoms with E-state index >= 15 is 0 Å². The number of hydrogen-bond donors (Lipinski definition) is 1. The van der Waals surface area contributed by atoms with Gasteiger partial charge in [-0.25, -0.2) is 4.98 Å². The molecule has 0 unspecified atom stereocenters. The summed E-state index contributed by atoms with van der Waals surface area (Å²) in [6.45, 7) is 0.844. The van der Waals surface area contributed by atoms with Crippen LogP contribution in [0, 0.1) is 0 Å². The van der Waals surface area contributed by atoms with Crippen LogP contribution in [-0.4, -0.2) is 17.6 Å². The molecule has 1 aliphatic rings. The molecule has 1 heterocycles. The summed E-state index contributed by atoms with van der Waals surface area (Å²) in [5.41, 5.74) is -0.186. The van der Waals surface area contributed by atoms with E-state index in [1.165, 1.54) is 30.2 Å². The van der Waals surface area contributed by atoms with Crippen molar-refractivity contribution in [1.29, 1.82) is 0 Å². The molecule has 19 heavy (non-hydrogen) atoms. The lowest BCUT2D eigenvalue weighted by atomic mass is 10.2. The fourth-order valence-corrected chi connectivity index (χ4v) is 2.88. The van der Waals surface area contributed by atoms with E-state index in [2.05, 4.69) is 10.3 Å². The molecule has 102 valence electrons. The van der Waals surface area contributed by atoms with Gasteiger partial charge in [0, 0.05) is 19.0 Å². The summed E-state index contributed by atoms with van der Waals surface area (Å²) in [7, 11) is 0. The maximum absolute atomic E-state index is 12.6. The minimum absolute atomic E-state index is 0.446. The number of alkyl halides is 3. The topological polar surface area (TPSA) is 24.9 Å². The minimum atomic E-state index is -4.30. The van der Waals surface area contributed by atoms with Crippen molar-refractivity contribution in [3.05, 3.63) is 28.8 Å². The standard InChI is InChI=1S/C13H13F3N2S/c14-13(15,16)8-1-4-11-10(7-8)18-12(19-11)5-6-17-9-2-3-9/h1,4,7,9,17H,2-3,5-6H2. The first-order chi connectivity index (χ1) is 9.02. The molecule has 1 fully saturated rings. The van der Waals surface area contributed by atoms with Gasteiger partial charge in [-0.15, -0.1) is 11.3 Å². The van der Waals surface area contributed by atoms with Crippen LogP contribution in [0.4, 0.5) is 13.2 Å². The van der Waals surface area contributed by atoms with E-state index in [4.69, 9.17) is 0 Å². The molecule has 3 rings (SSSR count). The van der Waals surface area contributed by atoms with Crippen LogP contribution in [0.1, 0.15) is 23.4 Å². The van der Waals surface area contributed by atoms with Gasteiger partial charge in [0.25, 0.3) is 0 Å². The molecule has 1 aliphatic carbocycles. The van der Waals surface area contributed by atoms with Crippen LogP contribution >= 0.6 is 11.3 Å². The van der Waals surface area contributed by atoms with Crippen LogP contribution in [0.15, 0.2) is 18.2 Å². The monoisotopic (exact) mass is 286 g/mol. The highest BCUT2D eigenvalue weighted by atomic mass is 32.1. The first-order valence-electron chi connectivity index (χ1n) is 6.22. The maximum atomic E-state index is 12.6. The van der Waals surface area contributed by atoms with Crippen molar-refractivity contribution in [2.24, 2.45) is 0 Å². The van der Waals surface area contributed by atoms with Crippen LogP contribution in [0.2, 0.25) is 0 Å². The van der Waals surface area contributed by atoms with Gasteiger partial charge in [-0.2, -0.15) is 13.2 Å². The smallest absolute Gasteiger partial charge is 0.314 e. The normalized spacial score (nSPS) is 16.2.